The van der Waals surface area contributed by atoms with E-state index in [1.54, 1.807) is 6.20 Å². The van der Waals surface area contributed by atoms with Gasteiger partial charge in [-0.25, -0.2) is 4.98 Å². The number of aromatic nitrogens is 4. The van der Waals surface area contributed by atoms with E-state index in [1.807, 2.05) is 48.1 Å². The highest BCUT2D eigenvalue weighted by Gasteiger charge is 2.12. The van der Waals surface area contributed by atoms with Crippen molar-refractivity contribution >= 4 is 0 Å². The second-order valence-corrected chi connectivity index (χ2v) is 4.64. The summed E-state index contributed by atoms with van der Waals surface area (Å²) >= 11 is 0. The van der Waals surface area contributed by atoms with Gasteiger partial charge in [-0.05, 0) is 18.6 Å². The van der Waals surface area contributed by atoms with Crippen molar-refractivity contribution in [1.82, 2.24) is 19.7 Å². The number of rotatable bonds is 6. The normalized spacial score (nSPS) is 10.7. The first-order valence-electron chi connectivity index (χ1n) is 6.81. The molecular weight excluding hydrogens is 268 g/mol. The number of hydrogen-bond acceptors (Lipinski definition) is 5. The van der Waals surface area contributed by atoms with Crippen LogP contribution in [0.2, 0.25) is 0 Å². The molecule has 6 heteroatoms. The van der Waals surface area contributed by atoms with Crippen LogP contribution in [0.4, 0.5) is 0 Å². The van der Waals surface area contributed by atoms with E-state index in [4.69, 9.17) is 9.26 Å². The van der Waals surface area contributed by atoms with Crippen LogP contribution in [0.1, 0.15) is 12.3 Å². The molecule has 0 saturated carbocycles. The van der Waals surface area contributed by atoms with Crippen LogP contribution >= 0.6 is 0 Å². The number of imidazole rings is 1. The van der Waals surface area contributed by atoms with Gasteiger partial charge in [0.15, 0.2) is 5.82 Å². The van der Waals surface area contributed by atoms with Crippen LogP contribution in [0.25, 0.3) is 11.6 Å². The molecule has 0 radical (unpaired) electrons. The average molecular weight is 284 g/mol. The second-order valence-electron chi connectivity index (χ2n) is 4.64. The van der Waals surface area contributed by atoms with Crippen LogP contribution < -0.4 is 4.74 Å². The number of nitrogens with zero attached hydrogens (tertiary/aromatic N) is 4. The minimum atomic E-state index is 0.515. The Morgan fingerprint density at radius 1 is 1.24 bits per heavy atom. The number of ether oxygens (including phenoxy) is 1. The molecule has 2 aromatic heterocycles. The van der Waals surface area contributed by atoms with Crippen molar-refractivity contribution in [3.63, 3.8) is 0 Å². The first-order chi connectivity index (χ1) is 10.3. The van der Waals surface area contributed by atoms with Gasteiger partial charge in [-0.15, -0.1) is 0 Å². The maximum atomic E-state index is 5.62. The molecule has 0 atom stereocenters. The van der Waals surface area contributed by atoms with Gasteiger partial charge in [-0.2, -0.15) is 4.98 Å². The molecule has 0 unspecified atom stereocenters. The molecule has 0 amide bonds. The Bertz CT molecular complexity index is 691. The summed E-state index contributed by atoms with van der Waals surface area (Å²) < 4.78 is 12.7. The predicted octanol–water partition coefficient (Wildman–Crippen LogP) is 2.48. The van der Waals surface area contributed by atoms with E-state index in [-0.39, 0.29) is 0 Å². The maximum Gasteiger partial charge on any atom is 0.238 e. The molecule has 0 spiro atoms. The summed E-state index contributed by atoms with van der Waals surface area (Å²) in [4.78, 5) is 8.53. The fourth-order valence-corrected chi connectivity index (χ4v) is 1.96. The lowest BCUT2D eigenvalue weighted by molar-refractivity contribution is 0.298. The van der Waals surface area contributed by atoms with Crippen LogP contribution in [0.3, 0.4) is 0 Å². The first kappa shape index (κ1) is 13.4. The number of benzene rings is 1. The minimum absolute atomic E-state index is 0.515. The Morgan fingerprint density at radius 2 is 2.10 bits per heavy atom. The average Bonchev–Trinajstić information content (AvgIpc) is 3.13. The third kappa shape index (κ3) is 3.28. The van der Waals surface area contributed by atoms with E-state index >= 15 is 0 Å². The summed E-state index contributed by atoms with van der Waals surface area (Å²) in [5.41, 5.74) is 0. The van der Waals surface area contributed by atoms with Gasteiger partial charge in [0.2, 0.25) is 11.7 Å². The van der Waals surface area contributed by atoms with Crippen LogP contribution in [0, 0.1) is 0 Å². The number of para-hydroxylation sites is 1. The largest absolute Gasteiger partial charge is 0.494 e. The summed E-state index contributed by atoms with van der Waals surface area (Å²) in [5, 5.41) is 3.95. The van der Waals surface area contributed by atoms with E-state index < -0.39 is 0 Å². The molecule has 6 nitrogen and oxygen atoms in total. The van der Waals surface area contributed by atoms with Crippen LogP contribution in [-0.4, -0.2) is 26.3 Å². The third-order valence-electron chi connectivity index (χ3n) is 3.04. The third-order valence-corrected chi connectivity index (χ3v) is 3.04. The summed E-state index contributed by atoms with van der Waals surface area (Å²) in [6.07, 6.45) is 5.06. The van der Waals surface area contributed by atoms with Gasteiger partial charge in [-0.1, -0.05) is 23.4 Å². The van der Waals surface area contributed by atoms with Crippen LogP contribution in [0.5, 0.6) is 5.75 Å². The van der Waals surface area contributed by atoms with Crippen molar-refractivity contribution in [3.05, 3.63) is 48.6 Å². The molecule has 3 aromatic rings. The molecule has 0 aliphatic rings. The van der Waals surface area contributed by atoms with E-state index in [9.17, 15) is 0 Å². The quantitative estimate of drug-likeness (QED) is 0.651. The van der Waals surface area contributed by atoms with E-state index in [1.165, 1.54) is 0 Å². The SMILES string of the molecule is Cn1ccnc1-c1noc(CCCOc2ccccc2)n1. The summed E-state index contributed by atoms with van der Waals surface area (Å²) in [7, 11) is 1.89. The molecule has 1 aromatic carbocycles. The lowest BCUT2D eigenvalue weighted by Crippen LogP contribution is -1.99. The Morgan fingerprint density at radius 3 is 2.86 bits per heavy atom. The Balaban J connectivity index is 1.50. The van der Waals surface area contributed by atoms with Gasteiger partial charge in [0.25, 0.3) is 0 Å². The van der Waals surface area contributed by atoms with Crippen molar-refractivity contribution in [3.8, 4) is 17.4 Å². The molecular formula is C15H16N4O2. The highest BCUT2D eigenvalue weighted by Crippen LogP contribution is 2.13. The molecule has 0 fully saturated rings. The molecule has 0 bridgehead atoms. The van der Waals surface area contributed by atoms with Crippen molar-refractivity contribution in [2.24, 2.45) is 7.05 Å². The zero-order valence-corrected chi connectivity index (χ0v) is 11.8. The fraction of sp³-hybridized carbons (Fsp3) is 0.267. The summed E-state index contributed by atoms with van der Waals surface area (Å²) in [6.45, 7) is 0.615. The number of hydrogen-bond donors (Lipinski definition) is 0. The number of aryl methyl sites for hydroxylation is 2. The molecule has 0 aliphatic heterocycles. The molecule has 0 N–H and O–H groups in total. The Kier molecular flexibility index (Phi) is 3.95. The van der Waals surface area contributed by atoms with E-state index in [0.29, 0.717) is 30.6 Å². The maximum absolute atomic E-state index is 5.62. The molecule has 2 heterocycles. The zero-order chi connectivity index (χ0) is 14.5. The van der Waals surface area contributed by atoms with Gasteiger partial charge >= 0.3 is 0 Å². The standard InChI is InChI=1S/C15H16N4O2/c1-19-10-9-16-15(19)14-17-13(21-18-14)8-5-11-20-12-6-3-2-4-7-12/h2-4,6-7,9-10H,5,8,11H2,1H3. The lowest BCUT2D eigenvalue weighted by Gasteiger charge is -2.03. The summed E-state index contributed by atoms with van der Waals surface area (Å²) in [5.74, 6) is 2.69. The van der Waals surface area contributed by atoms with Gasteiger partial charge in [0, 0.05) is 25.9 Å². The molecule has 108 valence electrons. The fourth-order valence-electron chi connectivity index (χ4n) is 1.96. The second kappa shape index (κ2) is 6.21. The van der Waals surface area contributed by atoms with Crippen LogP contribution in [-0.2, 0) is 13.5 Å². The smallest absolute Gasteiger partial charge is 0.238 e. The molecule has 21 heavy (non-hydrogen) atoms. The van der Waals surface area contributed by atoms with E-state index in [0.717, 1.165) is 12.2 Å². The van der Waals surface area contributed by atoms with E-state index in [2.05, 4.69) is 15.1 Å². The minimum Gasteiger partial charge on any atom is -0.494 e. The zero-order valence-electron chi connectivity index (χ0n) is 11.8. The summed E-state index contributed by atoms with van der Waals surface area (Å²) in [6, 6.07) is 9.74. The lowest BCUT2D eigenvalue weighted by atomic mass is 10.3. The highest BCUT2D eigenvalue weighted by atomic mass is 16.5. The van der Waals surface area contributed by atoms with Crippen molar-refractivity contribution < 1.29 is 9.26 Å². The van der Waals surface area contributed by atoms with Crippen molar-refractivity contribution in [1.29, 1.82) is 0 Å². The van der Waals surface area contributed by atoms with Crippen molar-refractivity contribution in [2.75, 3.05) is 6.61 Å². The van der Waals surface area contributed by atoms with Gasteiger partial charge in [0.1, 0.15) is 5.75 Å². The van der Waals surface area contributed by atoms with Gasteiger partial charge in [-0.3, -0.25) is 0 Å². The molecule has 3 rings (SSSR count). The topological polar surface area (TPSA) is 66.0 Å². The monoisotopic (exact) mass is 284 g/mol. The van der Waals surface area contributed by atoms with Crippen molar-refractivity contribution in [2.45, 2.75) is 12.8 Å². The predicted molar refractivity (Wildman–Crippen MR) is 76.8 cm³/mol. The van der Waals surface area contributed by atoms with Gasteiger partial charge < -0.3 is 13.8 Å². The first-order valence-corrected chi connectivity index (χ1v) is 6.81. The Hall–Kier alpha value is -2.63. The molecule has 0 aliphatic carbocycles. The van der Waals surface area contributed by atoms with Crippen LogP contribution in [0.15, 0.2) is 47.2 Å². The van der Waals surface area contributed by atoms with Gasteiger partial charge in [0.05, 0.1) is 6.61 Å². The highest BCUT2D eigenvalue weighted by molar-refractivity contribution is 5.42. The molecule has 0 saturated heterocycles. The Labute approximate surface area is 122 Å².